The van der Waals surface area contributed by atoms with E-state index in [-0.39, 0.29) is 24.9 Å². The van der Waals surface area contributed by atoms with Gasteiger partial charge in [0.15, 0.2) is 0 Å². The van der Waals surface area contributed by atoms with Crippen LogP contribution >= 0.6 is 0 Å². The molecule has 3 aromatic rings. The van der Waals surface area contributed by atoms with E-state index in [1.54, 1.807) is 25.1 Å². The molecule has 0 radical (unpaired) electrons. The Morgan fingerprint density at radius 1 is 0.919 bits per heavy atom. The summed E-state index contributed by atoms with van der Waals surface area (Å²) in [5.41, 5.74) is 4.57. The van der Waals surface area contributed by atoms with Gasteiger partial charge in [-0.05, 0) is 63.1 Å². The molecule has 7 nitrogen and oxygen atoms in total. The molecule has 190 valence electrons. The van der Waals surface area contributed by atoms with Crippen molar-refractivity contribution in [2.75, 3.05) is 17.2 Å². The monoisotopic (exact) mass is 498 g/mol. The van der Waals surface area contributed by atoms with E-state index in [1.165, 1.54) is 0 Å². The molecule has 2 N–H and O–H groups in total. The van der Waals surface area contributed by atoms with Crippen molar-refractivity contribution in [3.63, 3.8) is 0 Å². The molecule has 0 aliphatic carbocycles. The summed E-state index contributed by atoms with van der Waals surface area (Å²) in [6, 6.07) is 22.0. The van der Waals surface area contributed by atoms with Crippen molar-refractivity contribution >= 4 is 40.5 Å². The molecule has 0 saturated heterocycles. The van der Waals surface area contributed by atoms with Crippen molar-refractivity contribution < 1.29 is 23.9 Å². The zero-order valence-electron chi connectivity index (χ0n) is 21.4. The van der Waals surface area contributed by atoms with E-state index in [9.17, 15) is 14.4 Å². The zero-order valence-corrected chi connectivity index (χ0v) is 21.4. The third-order valence-electron chi connectivity index (χ3n) is 5.58. The minimum absolute atomic E-state index is 0.169. The number of hydrogen-bond donors (Lipinski definition) is 2. The lowest BCUT2D eigenvalue weighted by Gasteiger charge is -2.19. The van der Waals surface area contributed by atoms with Crippen LogP contribution in [0.4, 0.5) is 11.4 Å². The van der Waals surface area contributed by atoms with Crippen LogP contribution in [0.5, 0.6) is 0 Å². The van der Waals surface area contributed by atoms with Crippen molar-refractivity contribution in [2.24, 2.45) is 0 Å². The Morgan fingerprint density at radius 3 is 2.27 bits per heavy atom. The molecule has 1 aliphatic rings. The Kier molecular flexibility index (Phi) is 7.43. The Bertz CT molecular complexity index is 1350. The second-order valence-electron chi connectivity index (χ2n) is 9.64. The van der Waals surface area contributed by atoms with Crippen LogP contribution in [0.1, 0.15) is 54.7 Å². The van der Waals surface area contributed by atoms with Gasteiger partial charge in [0.2, 0.25) is 0 Å². The number of carbonyl (C=O) groups is 3. The normalized spacial score (nSPS) is 13.9. The largest absolute Gasteiger partial charge is 0.462 e. The molecular weight excluding hydrogens is 468 g/mol. The van der Waals surface area contributed by atoms with E-state index in [0.29, 0.717) is 28.1 Å². The van der Waals surface area contributed by atoms with Gasteiger partial charge in [0.05, 0.1) is 35.5 Å². The molecule has 3 aromatic carbocycles. The number of rotatable bonds is 7. The molecule has 0 atom stereocenters. The molecule has 0 fully saturated rings. The number of hydrogen-bond acceptors (Lipinski definition) is 6. The first kappa shape index (κ1) is 25.7. The van der Waals surface area contributed by atoms with Crippen LogP contribution < -0.4 is 10.6 Å². The lowest BCUT2D eigenvalue weighted by molar-refractivity contribution is -0.153. The summed E-state index contributed by atoms with van der Waals surface area (Å²) in [6.45, 7) is 7.53. The predicted molar refractivity (Wildman–Crippen MR) is 144 cm³/mol. The fourth-order valence-electron chi connectivity index (χ4n) is 4.04. The van der Waals surface area contributed by atoms with Crippen LogP contribution in [-0.2, 0) is 25.5 Å². The maximum atomic E-state index is 13.2. The number of esters is 2. The average molecular weight is 499 g/mol. The van der Waals surface area contributed by atoms with E-state index in [4.69, 9.17) is 9.47 Å². The van der Waals surface area contributed by atoms with Gasteiger partial charge in [0.25, 0.3) is 5.91 Å². The number of amides is 1. The number of anilines is 2. The van der Waals surface area contributed by atoms with Crippen LogP contribution in [0.2, 0.25) is 0 Å². The van der Waals surface area contributed by atoms with Gasteiger partial charge >= 0.3 is 11.9 Å². The second kappa shape index (κ2) is 10.7. The van der Waals surface area contributed by atoms with Crippen molar-refractivity contribution in [1.82, 2.24) is 0 Å². The highest BCUT2D eigenvalue weighted by atomic mass is 16.6. The molecule has 0 bridgehead atoms. The fourth-order valence-corrected chi connectivity index (χ4v) is 4.04. The van der Waals surface area contributed by atoms with Crippen LogP contribution in [0.15, 0.2) is 72.8 Å². The standard InChI is InChI=1S/C30H30N2O5/c1-5-36-29(35)21-13-16-23-24(18-21)32-28(34)26(23)27(20-9-7-6-8-10-20)31-22-14-11-19(12-15-22)17-25(33)37-30(2,3)4/h6-16,18,31H,5,17H2,1-4H3,(H,32,34)/b27-26-. The van der Waals surface area contributed by atoms with Crippen LogP contribution in [0, 0.1) is 0 Å². The van der Waals surface area contributed by atoms with Crippen LogP contribution in [0.25, 0.3) is 11.3 Å². The summed E-state index contributed by atoms with van der Waals surface area (Å²) in [7, 11) is 0. The van der Waals surface area contributed by atoms with Crippen molar-refractivity contribution in [2.45, 2.75) is 39.7 Å². The van der Waals surface area contributed by atoms with Gasteiger partial charge in [-0.3, -0.25) is 9.59 Å². The minimum Gasteiger partial charge on any atom is -0.462 e. The van der Waals surface area contributed by atoms with E-state index >= 15 is 0 Å². The van der Waals surface area contributed by atoms with E-state index in [0.717, 1.165) is 16.8 Å². The Hall–Kier alpha value is -4.39. The van der Waals surface area contributed by atoms with Crippen molar-refractivity contribution in [3.05, 3.63) is 95.1 Å². The Labute approximate surface area is 216 Å². The Morgan fingerprint density at radius 2 is 1.62 bits per heavy atom. The highest BCUT2D eigenvalue weighted by molar-refractivity contribution is 6.37. The topological polar surface area (TPSA) is 93.7 Å². The van der Waals surface area contributed by atoms with Crippen molar-refractivity contribution in [1.29, 1.82) is 0 Å². The third-order valence-corrected chi connectivity index (χ3v) is 5.58. The van der Waals surface area contributed by atoms with Gasteiger partial charge < -0.3 is 20.1 Å². The molecule has 4 rings (SSSR count). The van der Waals surface area contributed by atoms with Crippen molar-refractivity contribution in [3.8, 4) is 0 Å². The van der Waals surface area contributed by atoms with E-state index in [1.807, 2.05) is 75.4 Å². The fraction of sp³-hybridized carbons (Fsp3) is 0.233. The van der Waals surface area contributed by atoms with E-state index in [2.05, 4.69) is 10.6 Å². The van der Waals surface area contributed by atoms with Gasteiger partial charge in [-0.15, -0.1) is 0 Å². The summed E-state index contributed by atoms with van der Waals surface area (Å²) in [4.78, 5) is 37.5. The number of fused-ring (bicyclic) bond motifs is 1. The number of benzene rings is 3. The minimum atomic E-state index is -0.537. The predicted octanol–water partition coefficient (Wildman–Crippen LogP) is 5.68. The molecular formula is C30H30N2O5. The first-order valence-electron chi connectivity index (χ1n) is 12.1. The summed E-state index contributed by atoms with van der Waals surface area (Å²) in [5.74, 6) is -1.00. The van der Waals surface area contributed by atoms with Gasteiger partial charge in [-0.1, -0.05) is 48.5 Å². The lowest BCUT2D eigenvalue weighted by Crippen LogP contribution is -2.24. The second-order valence-corrected chi connectivity index (χ2v) is 9.64. The molecule has 1 aliphatic heterocycles. The maximum absolute atomic E-state index is 13.2. The summed E-state index contributed by atoms with van der Waals surface area (Å²) in [6.07, 6.45) is 0.169. The number of nitrogens with one attached hydrogen (secondary N) is 2. The number of carbonyl (C=O) groups excluding carboxylic acids is 3. The summed E-state index contributed by atoms with van der Waals surface area (Å²) in [5, 5.41) is 6.27. The smallest absolute Gasteiger partial charge is 0.338 e. The third kappa shape index (κ3) is 6.25. The maximum Gasteiger partial charge on any atom is 0.338 e. The first-order valence-corrected chi connectivity index (χ1v) is 12.1. The molecule has 7 heteroatoms. The molecule has 0 unspecified atom stereocenters. The highest BCUT2D eigenvalue weighted by Crippen LogP contribution is 2.38. The van der Waals surface area contributed by atoms with Crippen LogP contribution in [0.3, 0.4) is 0 Å². The molecule has 1 heterocycles. The van der Waals surface area contributed by atoms with Crippen LogP contribution in [-0.4, -0.2) is 30.1 Å². The van der Waals surface area contributed by atoms with Gasteiger partial charge in [-0.25, -0.2) is 4.79 Å². The molecule has 1 amide bonds. The molecule has 0 aromatic heterocycles. The van der Waals surface area contributed by atoms with E-state index < -0.39 is 11.6 Å². The molecule has 0 spiro atoms. The molecule has 0 saturated carbocycles. The van der Waals surface area contributed by atoms with Gasteiger partial charge in [0, 0.05) is 11.3 Å². The molecule has 37 heavy (non-hydrogen) atoms. The number of ether oxygens (including phenoxy) is 2. The van der Waals surface area contributed by atoms with Gasteiger partial charge in [-0.2, -0.15) is 0 Å². The summed E-state index contributed by atoms with van der Waals surface area (Å²) < 4.78 is 10.5. The SMILES string of the molecule is CCOC(=O)c1ccc2c(c1)NC(=O)/C2=C(\Nc1ccc(CC(=O)OC(C)(C)C)cc1)c1ccccc1. The lowest BCUT2D eigenvalue weighted by atomic mass is 9.99. The Balaban J connectivity index is 1.66. The summed E-state index contributed by atoms with van der Waals surface area (Å²) >= 11 is 0. The average Bonchev–Trinajstić information content (AvgIpc) is 3.17. The quantitative estimate of drug-likeness (QED) is 0.322. The zero-order chi connectivity index (χ0) is 26.6. The van der Waals surface area contributed by atoms with Gasteiger partial charge in [0.1, 0.15) is 5.60 Å². The first-order chi connectivity index (χ1) is 17.6. The highest BCUT2D eigenvalue weighted by Gasteiger charge is 2.29.